The predicted molar refractivity (Wildman–Crippen MR) is 98.8 cm³/mol. The third kappa shape index (κ3) is 4.03. The van der Waals surface area contributed by atoms with Gasteiger partial charge in [-0.05, 0) is 43.9 Å². The number of fused-ring (bicyclic) bond motifs is 1. The number of pyridine rings is 1. The molecule has 0 bridgehead atoms. The molecule has 0 radical (unpaired) electrons. The van der Waals surface area contributed by atoms with Crippen molar-refractivity contribution in [2.24, 2.45) is 0 Å². The van der Waals surface area contributed by atoms with E-state index >= 15 is 0 Å². The van der Waals surface area contributed by atoms with Crippen molar-refractivity contribution in [3.63, 3.8) is 0 Å². The lowest BCUT2D eigenvalue weighted by Crippen LogP contribution is -2.39. The van der Waals surface area contributed by atoms with E-state index in [1.807, 2.05) is 18.2 Å². The van der Waals surface area contributed by atoms with E-state index in [2.05, 4.69) is 10.3 Å². The van der Waals surface area contributed by atoms with E-state index in [0.29, 0.717) is 11.3 Å². The number of carbonyl (C=O) groups excluding carboxylic acids is 1. The molecule has 0 spiro atoms. The van der Waals surface area contributed by atoms with Crippen LogP contribution in [0, 0.1) is 0 Å². The van der Waals surface area contributed by atoms with E-state index in [4.69, 9.17) is 25.8 Å². The number of H-pyrrole nitrogens is 1. The molecule has 2 aliphatic rings. The summed E-state index contributed by atoms with van der Waals surface area (Å²) in [5.74, 6) is 1.95. The Morgan fingerprint density at radius 2 is 1.93 bits per heavy atom. The van der Waals surface area contributed by atoms with Crippen LogP contribution >= 0.6 is 11.6 Å². The number of hydrogen-bond donors (Lipinski definition) is 2. The molecule has 2 heterocycles. The molecule has 1 saturated carbocycles. The third-order valence-corrected chi connectivity index (χ3v) is 5.06. The van der Waals surface area contributed by atoms with Crippen molar-refractivity contribution in [3.8, 4) is 17.2 Å². The Morgan fingerprint density at radius 3 is 2.70 bits per heavy atom. The molecule has 0 saturated heterocycles. The van der Waals surface area contributed by atoms with E-state index in [0.717, 1.165) is 37.2 Å². The topological polar surface area (TPSA) is 89.7 Å². The summed E-state index contributed by atoms with van der Waals surface area (Å²) >= 11 is 5.77. The van der Waals surface area contributed by atoms with Crippen molar-refractivity contribution >= 4 is 17.5 Å². The molecule has 1 aliphatic carbocycles. The fourth-order valence-corrected chi connectivity index (χ4v) is 3.50. The van der Waals surface area contributed by atoms with Crippen LogP contribution in [0.2, 0.25) is 5.02 Å². The number of hydrogen-bond acceptors (Lipinski definition) is 5. The summed E-state index contributed by atoms with van der Waals surface area (Å²) in [6, 6.07) is 7.01. The van der Waals surface area contributed by atoms with Crippen molar-refractivity contribution < 1.29 is 19.0 Å². The third-order valence-electron chi connectivity index (χ3n) is 4.78. The van der Waals surface area contributed by atoms with Gasteiger partial charge in [0.15, 0.2) is 11.5 Å². The van der Waals surface area contributed by atoms with Crippen LogP contribution in [0.25, 0.3) is 0 Å². The van der Waals surface area contributed by atoms with Crippen LogP contribution in [0.15, 0.2) is 35.3 Å². The Hall–Kier alpha value is -2.67. The Kier molecular flexibility index (Phi) is 4.94. The van der Waals surface area contributed by atoms with E-state index in [1.165, 1.54) is 12.3 Å². The molecule has 2 aromatic rings. The molecule has 27 heavy (non-hydrogen) atoms. The summed E-state index contributed by atoms with van der Waals surface area (Å²) < 4.78 is 16.7. The van der Waals surface area contributed by atoms with Crippen LogP contribution in [0.4, 0.5) is 0 Å². The van der Waals surface area contributed by atoms with Gasteiger partial charge >= 0.3 is 0 Å². The molecule has 1 amide bonds. The predicted octanol–water partition coefficient (Wildman–Crippen LogP) is 2.88. The van der Waals surface area contributed by atoms with Crippen LogP contribution in [-0.2, 0) is 0 Å². The number of rotatable bonds is 4. The summed E-state index contributed by atoms with van der Waals surface area (Å²) in [5, 5.41) is 2.99. The van der Waals surface area contributed by atoms with Gasteiger partial charge < -0.3 is 24.5 Å². The molecule has 142 valence electrons. The average molecular weight is 391 g/mol. The van der Waals surface area contributed by atoms with Crippen molar-refractivity contribution in [2.45, 2.75) is 37.8 Å². The van der Waals surface area contributed by atoms with Gasteiger partial charge in [0.05, 0.1) is 11.7 Å². The zero-order valence-electron chi connectivity index (χ0n) is 14.5. The Balaban J connectivity index is 1.29. The summed E-state index contributed by atoms with van der Waals surface area (Å²) in [5.41, 5.74) is -0.0623. The van der Waals surface area contributed by atoms with Gasteiger partial charge in [0, 0.05) is 18.3 Å². The van der Waals surface area contributed by atoms with E-state index in [1.54, 1.807) is 0 Å². The number of aromatic amines is 1. The number of amides is 1. The minimum Gasteiger partial charge on any atom is -0.490 e. The first-order valence-electron chi connectivity index (χ1n) is 8.84. The van der Waals surface area contributed by atoms with Gasteiger partial charge in [0.1, 0.15) is 10.8 Å². The van der Waals surface area contributed by atoms with Crippen LogP contribution < -0.4 is 25.1 Å². The number of halogens is 1. The van der Waals surface area contributed by atoms with Crippen molar-refractivity contribution in [1.29, 1.82) is 0 Å². The molecule has 4 rings (SSSR count). The number of benzene rings is 1. The van der Waals surface area contributed by atoms with Crippen LogP contribution in [-0.4, -0.2) is 29.8 Å². The van der Waals surface area contributed by atoms with Gasteiger partial charge in [-0.15, -0.1) is 0 Å². The maximum absolute atomic E-state index is 12.3. The largest absolute Gasteiger partial charge is 0.490 e. The molecular formula is C19H19ClN2O5. The maximum Gasteiger partial charge on any atom is 0.266 e. The summed E-state index contributed by atoms with van der Waals surface area (Å²) in [6.07, 6.45) is 4.78. The first kappa shape index (κ1) is 17.7. The van der Waals surface area contributed by atoms with Gasteiger partial charge in [-0.25, -0.2) is 0 Å². The van der Waals surface area contributed by atoms with Crippen LogP contribution in [0.3, 0.4) is 0 Å². The summed E-state index contributed by atoms with van der Waals surface area (Å²) in [7, 11) is 0. The number of nitrogens with one attached hydrogen (secondary N) is 2. The molecule has 1 fully saturated rings. The lowest BCUT2D eigenvalue weighted by molar-refractivity contribution is 0.0893. The smallest absolute Gasteiger partial charge is 0.266 e. The highest BCUT2D eigenvalue weighted by Crippen LogP contribution is 2.36. The number of carbonyl (C=O) groups is 1. The maximum atomic E-state index is 12.3. The second-order valence-corrected chi connectivity index (χ2v) is 7.05. The lowest BCUT2D eigenvalue weighted by atomic mass is 9.92. The van der Waals surface area contributed by atoms with Crippen molar-refractivity contribution in [1.82, 2.24) is 10.3 Å². The molecule has 8 heteroatoms. The van der Waals surface area contributed by atoms with Gasteiger partial charge in [-0.3, -0.25) is 9.59 Å². The standard InChI is InChI=1S/C19H19ClN2O5/c20-15-7-11(9-21-19(15)24)18(23)22-12-1-3-13(4-2-12)27-14-5-6-16-17(8-14)26-10-25-16/h5-9,12-13H,1-4,10H2,(H,21,24)(H,22,23). The highest BCUT2D eigenvalue weighted by atomic mass is 35.5. The Morgan fingerprint density at radius 1 is 1.15 bits per heavy atom. The summed E-state index contributed by atoms with van der Waals surface area (Å²) in [4.78, 5) is 26.0. The highest BCUT2D eigenvalue weighted by molar-refractivity contribution is 6.30. The van der Waals surface area contributed by atoms with Gasteiger partial charge in [-0.1, -0.05) is 11.6 Å². The monoisotopic (exact) mass is 390 g/mol. The van der Waals surface area contributed by atoms with Crippen molar-refractivity contribution in [3.05, 3.63) is 51.4 Å². The van der Waals surface area contributed by atoms with Gasteiger partial charge in [0.25, 0.3) is 11.5 Å². The van der Waals surface area contributed by atoms with E-state index < -0.39 is 5.56 Å². The Bertz CT molecular complexity index is 905. The molecule has 1 aromatic carbocycles. The van der Waals surface area contributed by atoms with Crippen LogP contribution in [0.5, 0.6) is 17.2 Å². The normalized spacial score (nSPS) is 20.9. The fraction of sp³-hybridized carbons (Fsp3) is 0.368. The minimum atomic E-state index is -0.408. The Labute approximate surface area is 160 Å². The quantitative estimate of drug-likeness (QED) is 0.837. The zero-order valence-corrected chi connectivity index (χ0v) is 15.3. The number of aromatic nitrogens is 1. The van der Waals surface area contributed by atoms with E-state index in [9.17, 15) is 9.59 Å². The molecule has 1 aromatic heterocycles. The molecule has 0 atom stereocenters. The average Bonchev–Trinajstić information content (AvgIpc) is 3.13. The SMILES string of the molecule is O=C(NC1CCC(Oc2ccc3c(c2)OCO3)CC1)c1c[nH]c(=O)c(Cl)c1. The zero-order chi connectivity index (χ0) is 18.8. The van der Waals surface area contributed by atoms with Crippen LogP contribution in [0.1, 0.15) is 36.0 Å². The molecular weight excluding hydrogens is 372 g/mol. The highest BCUT2D eigenvalue weighted by Gasteiger charge is 2.25. The lowest BCUT2D eigenvalue weighted by Gasteiger charge is -2.29. The fourth-order valence-electron chi connectivity index (χ4n) is 3.32. The second-order valence-electron chi connectivity index (χ2n) is 6.65. The molecule has 7 nitrogen and oxygen atoms in total. The van der Waals surface area contributed by atoms with Crippen molar-refractivity contribution in [2.75, 3.05) is 6.79 Å². The van der Waals surface area contributed by atoms with Gasteiger partial charge in [0.2, 0.25) is 6.79 Å². The molecule has 2 N–H and O–H groups in total. The van der Waals surface area contributed by atoms with E-state index in [-0.39, 0.29) is 29.9 Å². The molecule has 1 aliphatic heterocycles. The van der Waals surface area contributed by atoms with Gasteiger partial charge in [-0.2, -0.15) is 0 Å². The second kappa shape index (κ2) is 7.52. The number of ether oxygens (including phenoxy) is 3. The molecule has 0 unspecified atom stereocenters. The first-order chi connectivity index (χ1) is 13.1. The minimum absolute atomic E-state index is 0.00323. The summed E-state index contributed by atoms with van der Waals surface area (Å²) in [6.45, 7) is 0.240. The first-order valence-corrected chi connectivity index (χ1v) is 9.22.